The van der Waals surface area contributed by atoms with Crippen molar-refractivity contribution in [1.82, 2.24) is 9.55 Å². The number of nitrogens with zero attached hydrogens (tertiary/aromatic N) is 4. The molecule has 5 rings (SSSR count). The van der Waals surface area contributed by atoms with Crippen molar-refractivity contribution in [3.8, 4) is 29.0 Å². The average Bonchev–Trinajstić information content (AvgIpc) is 3.34. The third-order valence-corrected chi connectivity index (χ3v) is 5.81. The Kier molecular flexibility index (Phi) is 5.76. The summed E-state index contributed by atoms with van der Waals surface area (Å²) in [5.74, 6) is 0.698. The second-order valence-electron chi connectivity index (χ2n) is 7.96. The minimum Gasteiger partial charge on any atom is -0.487 e. The number of ether oxygens (including phenoxy) is 1. The average molecular weight is 441 g/mol. The van der Waals surface area contributed by atoms with E-state index < -0.39 is 0 Å². The number of hydrogen-bond acceptors (Lipinski definition) is 4. The summed E-state index contributed by atoms with van der Waals surface area (Å²) >= 11 is 0. The summed E-state index contributed by atoms with van der Waals surface area (Å²) in [5, 5.41) is 21.0. The van der Waals surface area contributed by atoms with Crippen LogP contribution >= 0.6 is 0 Å². The second kappa shape index (κ2) is 9.32. The first-order valence-corrected chi connectivity index (χ1v) is 10.9. The zero-order chi connectivity index (χ0) is 23.3. The normalized spacial score (nSPS) is 10.5. The molecule has 0 saturated heterocycles. The molecule has 1 heterocycles. The highest BCUT2D eigenvalue weighted by atomic mass is 16.5. The Hall–Kier alpha value is -4.87. The summed E-state index contributed by atoms with van der Waals surface area (Å²) in [6.45, 7) is 0.966. The molecule has 162 valence electrons. The molecule has 0 saturated carbocycles. The first kappa shape index (κ1) is 21.0. The highest BCUT2D eigenvalue weighted by molar-refractivity contribution is 5.97. The Bertz CT molecular complexity index is 1550. The van der Waals surface area contributed by atoms with E-state index in [9.17, 15) is 5.26 Å². The van der Waals surface area contributed by atoms with Gasteiger partial charge in [-0.3, -0.25) is 0 Å². The zero-order valence-electron chi connectivity index (χ0n) is 18.3. The van der Waals surface area contributed by atoms with E-state index in [2.05, 4.69) is 47.5 Å². The molecule has 0 spiro atoms. The number of hydrogen-bond donors (Lipinski definition) is 0. The van der Waals surface area contributed by atoms with Gasteiger partial charge in [-0.2, -0.15) is 10.5 Å². The van der Waals surface area contributed by atoms with Crippen LogP contribution < -0.4 is 4.74 Å². The molecule has 0 fully saturated rings. The molecule has 5 aromatic rings. The maximum atomic E-state index is 9.76. The lowest BCUT2D eigenvalue weighted by Crippen LogP contribution is -2.06. The van der Waals surface area contributed by atoms with Crippen molar-refractivity contribution < 1.29 is 4.74 Å². The van der Waals surface area contributed by atoms with Gasteiger partial charge >= 0.3 is 0 Å². The molecule has 0 atom stereocenters. The van der Waals surface area contributed by atoms with Gasteiger partial charge in [-0.25, -0.2) is 4.98 Å². The number of aromatic nitrogens is 2. The van der Waals surface area contributed by atoms with E-state index in [-0.39, 0.29) is 0 Å². The van der Waals surface area contributed by atoms with E-state index in [1.165, 1.54) is 0 Å². The molecule has 0 N–H and O–H groups in total. The first-order valence-electron chi connectivity index (χ1n) is 10.9. The third-order valence-electron chi connectivity index (χ3n) is 5.81. The lowest BCUT2D eigenvalue weighted by Gasteiger charge is -2.13. The van der Waals surface area contributed by atoms with Gasteiger partial charge in [-0.05, 0) is 58.3 Å². The molecule has 34 heavy (non-hydrogen) atoms. The minimum absolute atomic E-state index is 0.359. The number of fused-ring (bicyclic) bond motifs is 1. The molecular formula is C29H20N4O. The molecule has 0 unspecified atom stereocenters. The summed E-state index contributed by atoms with van der Waals surface area (Å²) in [6.07, 6.45) is 3.58. The third kappa shape index (κ3) is 4.24. The van der Waals surface area contributed by atoms with E-state index in [4.69, 9.17) is 10.00 Å². The molecule has 4 aromatic carbocycles. The van der Waals surface area contributed by atoms with Crippen molar-refractivity contribution in [2.45, 2.75) is 13.2 Å². The molecule has 0 aliphatic heterocycles. The summed E-state index contributed by atoms with van der Waals surface area (Å²) in [5.41, 5.74) is 5.22. The van der Waals surface area contributed by atoms with Gasteiger partial charge in [-0.1, -0.05) is 48.5 Å². The highest BCUT2D eigenvalue weighted by Gasteiger charge is 2.11. The smallest absolute Gasteiger partial charge is 0.130 e. The topological polar surface area (TPSA) is 74.6 Å². The van der Waals surface area contributed by atoms with Crippen molar-refractivity contribution in [3.05, 3.63) is 120 Å². The van der Waals surface area contributed by atoms with Gasteiger partial charge in [0, 0.05) is 12.1 Å². The van der Waals surface area contributed by atoms with Gasteiger partial charge < -0.3 is 9.30 Å². The maximum Gasteiger partial charge on any atom is 0.130 e. The van der Waals surface area contributed by atoms with Crippen LogP contribution in [0.5, 0.6) is 5.75 Å². The standard InChI is InChI=1S/C29H20N4O/c30-15-21-9-12-26(13-10-21)34-19-25-17-32-20-33(25)18-22-8-11-24(16-31)29(14-22)28-7-3-5-23-4-1-2-6-27(23)28/h1-14,17,20H,18-19H2. The molecule has 0 amide bonds. The number of imidazole rings is 1. The Labute approximate surface area is 197 Å². The fourth-order valence-corrected chi connectivity index (χ4v) is 4.06. The predicted octanol–water partition coefficient (Wildman–Crippen LogP) is 6.07. The van der Waals surface area contributed by atoms with Crippen LogP contribution in [0.4, 0.5) is 0 Å². The summed E-state index contributed by atoms with van der Waals surface area (Å²) in [4.78, 5) is 4.30. The fraction of sp³-hybridized carbons (Fsp3) is 0.0690. The molecule has 1 aromatic heterocycles. The van der Waals surface area contributed by atoms with Gasteiger partial charge in [0.1, 0.15) is 12.4 Å². The van der Waals surface area contributed by atoms with Crippen molar-refractivity contribution >= 4 is 10.8 Å². The van der Waals surface area contributed by atoms with E-state index >= 15 is 0 Å². The Morgan fingerprint density at radius 1 is 0.824 bits per heavy atom. The van der Waals surface area contributed by atoms with Crippen molar-refractivity contribution in [1.29, 1.82) is 10.5 Å². The Morgan fingerprint density at radius 3 is 2.47 bits per heavy atom. The Balaban J connectivity index is 1.41. The minimum atomic E-state index is 0.359. The number of nitriles is 2. The molecule has 0 bridgehead atoms. The lowest BCUT2D eigenvalue weighted by atomic mass is 9.93. The molecule has 5 nitrogen and oxygen atoms in total. The summed E-state index contributed by atoms with van der Waals surface area (Å²) in [7, 11) is 0. The van der Waals surface area contributed by atoms with Gasteiger partial charge in [0.15, 0.2) is 0 Å². The molecular weight excluding hydrogens is 420 g/mol. The quantitative estimate of drug-likeness (QED) is 0.321. The van der Waals surface area contributed by atoms with E-state index in [0.717, 1.165) is 33.2 Å². The van der Waals surface area contributed by atoms with Crippen LogP contribution in [0.2, 0.25) is 0 Å². The highest BCUT2D eigenvalue weighted by Crippen LogP contribution is 2.32. The lowest BCUT2D eigenvalue weighted by molar-refractivity contribution is 0.296. The van der Waals surface area contributed by atoms with Crippen molar-refractivity contribution in [3.63, 3.8) is 0 Å². The summed E-state index contributed by atoms with van der Waals surface area (Å²) < 4.78 is 7.93. The molecule has 0 aliphatic carbocycles. The van der Waals surface area contributed by atoms with Crippen molar-refractivity contribution in [2.24, 2.45) is 0 Å². The fourth-order valence-electron chi connectivity index (χ4n) is 4.06. The number of rotatable bonds is 6. The van der Waals surface area contributed by atoms with E-state index in [1.807, 2.05) is 34.9 Å². The first-order chi connectivity index (χ1) is 16.7. The summed E-state index contributed by atoms with van der Waals surface area (Å²) in [6, 6.07) is 31.8. The van der Waals surface area contributed by atoms with Gasteiger partial charge in [0.25, 0.3) is 0 Å². The van der Waals surface area contributed by atoms with Crippen LogP contribution in [-0.2, 0) is 13.2 Å². The van der Waals surface area contributed by atoms with Crippen LogP contribution in [0, 0.1) is 22.7 Å². The van der Waals surface area contributed by atoms with Gasteiger partial charge in [-0.15, -0.1) is 0 Å². The largest absolute Gasteiger partial charge is 0.487 e. The van der Waals surface area contributed by atoms with Crippen LogP contribution in [0.15, 0.2) is 97.5 Å². The maximum absolute atomic E-state index is 9.76. The molecule has 0 aliphatic rings. The van der Waals surface area contributed by atoms with Crippen LogP contribution in [0.1, 0.15) is 22.4 Å². The van der Waals surface area contributed by atoms with Crippen molar-refractivity contribution in [2.75, 3.05) is 0 Å². The molecule has 5 heteroatoms. The van der Waals surface area contributed by atoms with E-state index in [0.29, 0.717) is 30.0 Å². The van der Waals surface area contributed by atoms with Crippen LogP contribution in [0.25, 0.3) is 21.9 Å². The van der Waals surface area contributed by atoms with Gasteiger partial charge in [0.2, 0.25) is 0 Å². The SMILES string of the molecule is N#Cc1ccc(OCc2cncn2Cc2ccc(C#N)c(-c3cccc4ccccc34)c2)cc1. The number of benzene rings is 4. The monoisotopic (exact) mass is 440 g/mol. The van der Waals surface area contributed by atoms with Gasteiger partial charge in [0.05, 0.1) is 41.5 Å². The second-order valence-corrected chi connectivity index (χ2v) is 7.96. The molecule has 0 radical (unpaired) electrons. The zero-order valence-corrected chi connectivity index (χ0v) is 18.3. The van der Waals surface area contributed by atoms with E-state index in [1.54, 1.807) is 36.8 Å². The van der Waals surface area contributed by atoms with Crippen LogP contribution in [-0.4, -0.2) is 9.55 Å². The Morgan fingerprint density at radius 2 is 1.65 bits per heavy atom. The predicted molar refractivity (Wildman–Crippen MR) is 131 cm³/mol. The van der Waals surface area contributed by atoms with Crippen LogP contribution in [0.3, 0.4) is 0 Å².